The fraction of sp³-hybridized carbons (Fsp3) is 0.400. The molecule has 2 N–H and O–H groups in total. The molecule has 122 valence electrons. The molecule has 7 nitrogen and oxygen atoms in total. The van der Waals surface area contributed by atoms with E-state index in [4.69, 9.17) is 20.8 Å². The van der Waals surface area contributed by atoms with Crippen LogP contribution >= 0.6 is 11.6 Å². The zero-order valence-corrected chi connectivity index (χ0v) is 13.3. The molecule has 2 atom stereocenters. The minimum atomic E-state index is -0.263. The summed E-state index contributed by atoms with van der Waals surface area (Å²) < 4.78 is 10.5. The number of aromatic nitrogens is 2. The molecule has 0 radical (unpaired) electrons. The molecule has 1 aliphatic rings. The Hall–Kier alpha value is -2.12. The lowest BCUT2D eigenvalue weighted by Gasteiger charge is -2.33. The molecule has 0 bridgehead atoms. The summed E-state index contributed by atoms with van der Waals surface area (Å²) in [5.74, 6) is 1.12. The molecule has 2 aromatic rings. The van der Waals surface area contributed by atoms with Gasteiger partial charge in [-0.1, -0.05) is 0 Å². The molecule has 23 heavy (non-hydrogen) atoms. The predicted molar refractivity (Wildman–Crippen MR) is 84.6 cm³/mol. The smallest absolute Gasteiger partial charge is 0.256 e. The number of aryl methyl sites for hydroxylation is 1. The van der Waals surface area contributed by atoms with Crippen LogP contribution in [0, 0.1) is 6.92 Å². The van der Waals surface area contributed by atoms with Gasteiger partial charge in [0.1, 0.15) is 11.6 Å². The number of nitrogens with zero attached hydrogens (tertiary/aromatic N) is 2. The molecule has 0 saturated carbocycles. The second kappa shape index (κ2) is 6.97. The Morgan fingerprint density at radius 2 is 2.26 bits per heavy atom. The average molecular weight is 337 g/mol. The number of ether oxygens (including phenoxy) is 1. The molecule has 0 aliphatic carbocycles. The van der Waals surface area contributed by atoms with Crippen molar-refractivity contribution < 1.29 is 13.9 Å². The molecule has 3 heterocycles. The molecule has 8 heteroatoms. The van der Waals surface area contributed by atoms with Crippen LogP contribution in [0.4, 0.5) is 5.82 Å². The molecule has 1 aliphatic heterocycles. The van der Waals surface area contributed by atoms with Gasteiger partial charge in [-0.05, 0) is 37.1 Å². The highest BCUT2D eigenvalue weighted by atomic mass is 35.5. The highest BCUT2D eigenvalue weighted by Gasteiger charge is 2.28. The topological polar surface area (TPSA) is 89.3 Å². The molecule has 0 spiro atoms. The van der Waals surface area contributed by atoms with E-state index < -0.39 is 0 Å². The van der Waals surface area contributed by atoms with Gasteiger partial charge in [-0.25, -0.2) is 9.97 Å². The molecule has 1 amide bonds. The monoisotopic (exact) mass is 336 g/mol. The Labute approximate surface area is 138 Å². The van der Waals surface area contributed by atoms with Gasteiger partial charge in [-0.2, -0.15) is 0 Å². The van der Waals surface area contributed by atoms with Crippen molar-refractivity contribution in [1.29, 1.82) is 0 Å². The molecule has 0 aromatic carbocycles. The molecular weight excluding hydrogens is 320 g/mol. The van der Waals surface area contributed by atoms with Gasteiger partial charge >= 0.3 is 0 Å². The van der Waals surface area contributed by atoms with Crippen molar-refractivity contribution in [3.8, 4) is 0 Å². The minimum absolute atomic E-state index is 0.0884. The number of nitrogens with one attached hydrogen (secondary N) is 2. The largest absolute Gasteiger partial charge is 0.452 e. The Morgan fingerprint density at radius 1 is 1.39 bits per heavy atom. The summed E-state index contributed by atoms with van der Waals surface area (Å²) in [5, 5.41) is 6.36. The third-order valence-corrected chi connectivity index (χ3v) is 3.94. The zero-order chi connectivity index (χ0) is 16.2. The maximum absolute atomic E-state index is 12.3. The SMILES string of the molecule is Cc1nccc(N[C@@H]2COCC[C@@H]2NC(=O)c2ccoc2Cl)n1. The third kappa shape index (κ3) is 3.80. The first kappa shape index (κ1) is 15.8. The first-order valence-corrected chi connectivity index (χ1v) is 7.69. The van der Waals surface area contributed by atoms with Gasteiger partial charge in [0, 0.05) is 12.8 Å². The minimum Gasteiger partial charge on any atom is -0.452 e. The van der Waals surface area contributed by atoms with Gasteiger partial charge in [0.15, 0.2) is 0 Å². The first-order chi connectivity index (χ1) is 11.1. The highest BCUT2D eigenvalue weighted by molar-refractivity contribution is 6.32. The van der Waals surface area contributed by atoms with E-state index in [0.717, 1.165) is 0 Å². The number of anilines is 1. The van der Waals surface area contributed by atoms with Gasteiger partial charge in [-0.15, -0.1) is 0 Å². The van der Waals surface area contributed by atoms with E-state index in [1.807, 2.05) is 6.92 Å². The van der Waals surface area contributed by atoms with Crippen LogP contribution in [0.25, 0.3) is 0 Å². The molecule has 2 aromatic heterocycles. The Kier molecular flexibility index (Phi) is 4.78. The normalized spacial score (nSPS) is 21.0. The number of rotatable bonds is 4. The summed E-state index contributed by atoms with van der Waals surface area (Å²) in [7, 11) is 0. The Morgan fingerprint density at radius 3 is 3.00 bits per heavy atom. The first-order valence-electron chi connectivity index (χ1n) is 7.31. The maximum Gasteiger partial charge on any atom is 0.256 e. The van der Waals surface area contributed by atoms with E-state index in [2.05, 4.69) is 20.6 Å². The van der Waals surface area contributed by atoms with Gasteiger partial charge in [0.25, 0.3) is 5.91 Å². The third-order valence-electron chi connectivity index (χ3n) is 3.64. The number of carbonyl (C=O) groups excluding carboxylic acids is 1. The summed E-state index contributed by atoms with van der Waals surface area (Å²) in [4.78, 5) is 20.7. The lowest BCUT2D eigenvalue weighted by molar-refractivity contribution is 0.0620. The van der Waals surface area contributed by atoms with Gasteiger partial charge in [-0.3, -0.25) is 4.79 Å². The molecule has 1 saturated heterocycles. The number of amides is 1. The van der Waals surface area contributed by atoms with E-state index >= 15 is 0 Å². The van der Waals surface area contributed by atoms with Gasteiger partial charge in [0.2, 0.25) is 5.22 Å². The number of hydrogen-bond acceptors (Lipinski definition) is 6. The predicted octanol–water partition coefficient (Wildman–Crippen LogP) is 2.03. The average Bonchev–Trinajstić information content (AvgIpc) is 2.95. The standard InChI is InChI=1S/C15H17ClN4O3/c1-9-17-5-2-13(18-9)19-12-8-22-6-4-11(12)20-15(21)10-3-7-23-14(10)16/h2-3,5,7,11-12H,4,6,8H2,1H3,(H,20,21)(H,17,18,19)/t11-,12+/m0/s1. The van der Waals surface area contributed by atoms with Crippen LogP contribution in [0.3, 0.4) is 0 Å². The van der Waals surface area contributed by atoms with Crippen LogP contribution < -0.4 is 10.6 Å². The Balaban J connectivity index is 1.69. The lowest BCUT2D eigenvalue weighted by Crippen LogP contribution is -2.52. The summed E-state index contributed by atoms with van der Waals surface area (Å²) in [5.41, 5.74) is 0.329. The fourth-order valence-corrected chi connectivity index (χ4v) is 2.68. The number of furan rings is 1. The van der Waals surface area contributed by atoms with E-state index in [1.54, 1.807) is 18.3 Å². The molecule has 0 unspecified atom stereocenters. The van der Waals surface area contributed by atoms with Crippen molar-refractivity contribution in [2.24, 2.45) is 0 Å². The second-order valence-corrected chi connectivity index (χ2v) is 5.63. The maximum atomic E-state index is 12.3. The molecule has 3 rings (SSSR count). The van der Waals surface area contributed by atoms with Crippen molar-refractivity contribution >= 4 is 23.3 Å². The van der Waals surface area contributed by atoms with Crippen molar-refractivity contribution in [3.05, 3.63) is 41.2 Å². The quantitative estimate of drug-likeness (QED) is 0.888. The molecular formula is C15H17ClN4O3. The van der Waals surface area contributed by atoms with E-state index in [0.29, 0.717) is 36.8 Å². The van der Waals surface area contributed by atoms with Gasteiger partial charge < -0.3 is 19.8 Å². The van der Waals surface area contributed by atoms with Crippen LogP contribution in [-0.4, -0.2) is 41.2 Å². The van der Waals surface area contributed by atoms with Gasteiger partial charge in [0.05, 0.1) is 30.5 Å². The van der Waals surface area contributed by atoms with Crippen molar-refractivity contribution in [1.82, 2.24) is 15.3 Å². The van der Waals surface area contributed by atoms with Crippen molar-refractivity contribution in [2.75, 3.05) is 18.5 Å². The van der Waals surface area contributed by atoms with Crippen LogP contribution in [0.2, 0.25) is 5.22 Å². The summed E-state index contributed by atoms with van der Waals surface area (Å²) in [6.45, 7) is 2.89. The van der Waals surface area contributed by atoms with E-state index in [1.165, 1.54) is 6.26 Å². The van der Waals surface area contributed by atoms with Crippen LogP contribution in [-0.2, 0) is 4.74 Å². The lowest BCUT2D eigenvalue weighted by atomic mass is 10.0. The molecule has 1 fully saturated rings. The second-order valence-electron chi connectivity index (χ2n) is 5.29. The van der Waals surface area contributed by atoms with Crippen molar-refractivity contribution in [3.63, 3.8) is 0 Å². The number of halogens is 1. The summed E-state index contributed by atoms with van der Waals surface area (Å²) >= 11 is 5.85. The van der Waals surface area contributed by atoms with E-state index in [-0.39, 0.29) is 23.2 Å². The van der Waals surface area contributed by atoms with Crippen LogP contribution in [0.1, 0.15) is 22.6 Å². The zero-order valence-electron chi connectivity index (χ0n) is 12.6. The summed E-state index contributed by atoms with van der Waals surface area (Å²) in [6.07, 6.45) is 3.77. The van der Waals surface area contributed by atoms with Crippen molar-refractivity contribution in [2.45, 2.75) is 25.4 Å². The van der Waals surface area contributed by atoms with Crippen LogP contribution in [0.5, 0.6) is 0 Å². The van der Waals surface area contributed by atoms with Crippen LogP contribution in [0.15, 0.2) is 29.0 Å². The van der Waals surface area contributed by atoms with E-state index in [9.17, 15) is 4.79 Å². The highest BCUT2D eigenvalue weighted by Crippen LogP contribution is 2.18. The number of carbonyl (C=O) groups is 1. The summed E-state index contributed by atoms with van der Waals surface area (Å²) in [6, 6.07) is 3.14. The number of hydrogen-bond donors (Lipinski definition) is 2. The Bertz CT molecular complexity index is 691. The fourth-order valence-electron chi connectivity index (χ4n) is 2.48.